The van der Waals surface area contributed by atoms with Gasteiger partial charge in [-0.3, -0.25) is 5.41 Å². The summed E-state index contributed by atoms with van der Waals surface area (Å²) in [7, 11) is 0. The Hall–Kier alpha value is -3.08. The molecular formula is C27H32N4O3. The lowest BCUT2D eigenvalue weighted by Crippen LogP contribution is -2.73. The maximum Gasteiger partial charge on any atom is 0.218 e. The van der Waals surface area contributed by atoms with Gasteiger partial charge in [-0.05, 0) is 37.0 Å². The summed E-state index contributed by atoms with van der Waals surface area (Å²) in [6, 6.07) is 13.8. The first-order valence-electron chi connectivity index (χ1n) is 12.5. The molecule has 0 aromatic heterocycles. The summed E-state index contributed by atoms with van der Waals surface area (Å²) in [6.45, 7) is 2.85. The van der Waals surface area contributed by atoms with Gasteiger partial charge in [0.2, 0.25) is 11.7 Å². The minimum absolute atomic E-state index is 0.337. The second-order valence-electron chi connectivity index (χ2n) is 9.68. The molecule has 3 saturated heterocycles. The number of rotatable bonds is 9. The molecule has 1 aliphatic carbocycles. The van der Waals surface area contributed by atoms with Gasteiger partial charge in [0.15, 0.2) is 10.8 Å². The summed E-state index contributed by atoms with van der Waals surface area (Å²) >= 11 is 0. The predicted octanol–water partition coefficient (Wildman–Crippen LogP) is 5.93. The van der Waals surface area contributed by atoms with Crippen LogP contribution in [-0.2, 0) is 9.47 Å². The van der Waals surface area contributed by atoms with Crippen molar-refractivity contribution < 1.29 is 14.2 Å². The van der Waals surface area contributed by atoms with Gasteiger partial charge in [0.25, 0.3) is 0 Å². The Labute approximate surface area is 201 Å². The minimum Gasteiger partial charge on any atom is -0.494 e. The molecule has 0 amide bonds. The van der Waals surface area contributed by atoms with Crippen molar-refractivity contribution in [2.45, 2.75) is 83.0 Å². The van der Waals surface area contributed by atoms with Crippen LogP contribution in [0.5, 0.6) is 5.75 Å². The normalized spacial score (nSPS) is 30.8. The second kappa shape index (κ2) is 9.65. The third-order valence-electron chi connectivity index (χ3n) is 7.77. The zero-order valence-electron chi connectivity index (χ0n) is 19.8. The SMILES string of the molecule is CCCCCCCCOc1ccc([C@H]2O[C@@]34CCCC[C@H]3C(C#N)(C#N)[C@@]2(C#N)C(=N)O4)cc1. The molecule has 1 spiro atoms. The second-order valence-corrected chi connectivity index (χ2v) is 9.68. The fourth-order valence-electron chi connectivity index (χ4n) is 5.95. The molecule has 34 heavy (non-hydrogen) atoms. The summed E-state index contributed by atoms with van der Waals surface area (Å²) in [4.78, 5) is 0. The van der Waals surface area contributed by atoms with Crippen molar-refractivity contribution in [2.75, 3.05) is 6.61 Å². The van der Waals surface area contributed by atoms with Gasteiger partial charge in [0.05, 0.1) is 30.7 Å². The van der Waals surface area contributed by atoms with Crippen LogP contribution in [0.3, 0.4) is 0 Å². The number of benzene rings is 1. The first-order valence-corrected chi connectivity index (χ1v) is 12.5. The van der Waals surface area contributed by atoms with E-state index >= 15 is 0 Å². The highest BCUT2D eigenvalue weighted by Gasteiger charge is 2.80. The quantitative estimate of drug-likeness (QED) is 0.455. The maximum absolute atomic E-state index is 10.4. The summed E-state index contributed by atoms with van der Waals surface area (Å²) < 4.78 is 18.2. The van der Waals surface area contributed by atoms with Crippen molar-refractivity contribution in [3.8, 4) is 24.0 Å². The smallest absolute Gasteiger partial charge is 0.218 e. The van der Waals surface area contributed by atoms with Crippen molar-refractivity contribution >= 4 is 5.90 Å². The highest BCUT2D eigenvalue weighted by atomic mass is 16.7. The molecule has 178 valence electrons. The lowest BCUT2D eigenvalue weighted by molar-refractivity contribution is -0.360. The van der Waals surface area contributed by atoms with E-state index in [9.17, 15) is 15.8 Å². The van der Waals surface area contributed by atoms with Crippen LogP contribution in [0.15, 0.2) is 24.3 Å². The lowest BCUT2D eigenvalue weighted by Gasteiger charge is -2.63. The molecule has 0 radical (unpaired) electrons. The van der Waals surface area contributed by atoms with E-state index < -0.39 is 28.6 Å². The number of hydrogen-bond acceptors (Lipinski definition) is 7. The van der Waals surface area contributed by atoms with E-state index in [1.165, 1.54) is 25.7 Å². The van der Waals surface area contributed by atoms with Crippen molar-refractivity contribution in [3.63, 3.8) is 0 Å². The fraction of sp³-hybridized carbons (Fsp3) is 0.630. The molecule has 7 heteroatoms. The molecule has 2 bridgehead atoms. The highest BCUT2D eigenvalue weighted by Crippen LogP contribution is 2.69. The van der Waals surface area contributed by atoms with Gasteiger partial charge in [-0.1, -0.05) is 57.6 Å². The van der Waals surface area contributed by atoms with Crippen LogP contribution in [-0.4, -0.2) is 18.3 Å². The highest BCUT2D eigenvalue weighted by molar-refractivity contribution is 5.89. The molecule has 4 aliphatic rings. The van der Waals surface area contributed by atoms with E-state index in [0.717, 1.165) is 31.4 Å². The Morgan fingerprint density at radius 2 is 1.71 bits per heavy atom. The van der Waals surface area contributed by atoms with Crippen LogP contribution < -0.4 is 4.74 Å². The van der Waals surface area contributed by atoms with Gasteiger partial charge >= 0.3 is 0 Å². The van der Waals surface area contributed by atoms with Crippen LogP contribution in [0.25, 0.3) is 0 Å². The molecule has 0 unspecified atom stereocenters. The Kier molecular flexibility index (Phi) is 6.83. The zero-order valence-corrected chi connectivity index (χ0v) is 19.8. The predicted molar refractivity (Wildman–Crippen MR) is 124 cm³/mol. The monoisotopic (exact) mass is 460 g/mol. The van der Waals surface area contributed by atoms with Crippen LogP contribution in [0, 0.1) is 56.2 Å². The van der Waals surface area contributed by atoms with Gasteiger partial charge in [-0.25, -0.2) is 0 Å². The summed E-state index contributed by atoms with van der Waals surface area (Å²) in [5.74, 6) is -1.42. The van der Waals surface area contributed by atoms with Gasteiger partial charge in [-0.15, -0.1) is 0 Å². The van der Waals surface area contributed by atoms with Gasteiger partial charge in [-0.2, -0.15) is 15.8 Å². The average Bonchev–Trinajstić information content (AvgIpc) is 2.87. The van der Waals surface area contributed by atoms with Crippen LogP contribution >= 0.6 is 0 Å². The third kappa shape index (κ3) is 3.53. The first-order chi connectivity index (χ1) is 16.5. The van der Waals surface area contributed by atoms with Crippen molar-refractivity contribution in [1.82, 2.24) is 0 Å². The number of nitriles is 3. The molecule has 1 aromatic carbocycles. The molecule has 5 rings (SSSR count). The third-order valence-corrected chi connectivity index (χ3v) is 7.77. The molecule has 3 heterocycles. The fourth-order valence-corrected chi connectivity index (χ4v) is 5.95. The molecule has 1 aromatic rings. The van der Waals surface area contributed by atoms with Gasteiger partial charge in [0, 0.05) is 6.42 Å². The molecular weight excluding hydrogens is 428 g/mol. The zero-order chi connectivity index (χ0) is 24.2. The molecule has 4 fully saturated rings. The Morgan fingerprint density at radius 3 is 2.38 bits per heavy atom. The average molecular weight is 461 g/mol. The van der Waals surface area contributed by atoms with E-state index in [1.807, 2.05) is 24.3 Å². The largest absolute Gasteiger partial charge is 0.494 e. The summed E-state index contributed by atoms with van der Waals surface area (Å²) in [5.41, 5.74) is -2.91. The van der Waals surface area contributed by atoms with Crippen molar-refractivity contribution in [1.29, 1.82) is 21.2 Å². The topological polar surface area (TPSA) is 123 Å². The van der Waals surface area contributed by atoms with E-state index in [0.29, 0.717) is 25.0 Å². The number of hydrogen-bond donors (Lipinski definition) is 1. The van der Waals surface area contributed by atoms with E-state index in [-0.39, 0.29) is 5.90 Å². The molecule has 1 N–H and O–H groups in total. The maximum atomic E-state index is 10.4. The Bertz CT molecular complexity index is 1020. The number of unbranched alkanes of at least 4 members (excludes halogenated alkanes) is 5. The van der Waals surface area contributed by atoms with Crippen LogP contribution in [0.4, 0.5) is 0 Å². The van der Waals surface area contributed by atoms with Crippen molar-refractivity contribution in [3.05, 3.63) is 29.8 Å². The lowest BCUT2D eigenvalue weighted by atomic mass is 9.48. The number of fused-ring (bicyclic) bond motifs is 2. The van der Waals surface area contributed by atoms with Gasteiger partial charge < -0.3 is 14.2 Å². The van der Waals surface area contributed by atoms with Crippen LogP contribution in [0.1, 0.15) is 82.8 Å². The number of nitrogens with zero attached hydrogens (tertiary/aromatic N) is 3. The van der Waals surface area contributed by atoms with Crippen molar-refractivity contribution in [2.24, 2.45) is 16.7 Å². The summed E-state index contributed by atoms with van der Waals surface area (Å²) in [5, 5.41) is 39.5. The summed E-state index contributed by atoms with van der Waals surface area (Å²) in [6.07, 6.45) is 8.88. The number of nitrogens with one attached hydrogen (secondary N) is 1. The first kappa shape index (κ1) is 24.1. The van der Waals surface area contributed by atoms with Gasteiger partial charge in [0.1, 0.15) is 11.9 Å². The standard InChI is InChI=1S/C27H32N4O3/c1-2-3-4-5-6-9-16-32-21-13-11-20(12-14-21)23-26(19-30)24(31)34-27(33-23)15-8-7-10-22(27)25(26,17-28)18-29/h11-14,22-23,31H,2-10,15-16H2,1H3/t22-,23+,26+,27+/m0/s1. The van der Waals surface area contributed by atoms with E-state index in [4.69, 9.17) is 19.6 Å². The molecule has 7 nitrogen and oxygen atoms in total. The number of ether oxygens (including phenoxy) is 3. The van der Waals surface area contributed by atoms with Crippen LogP contribution in [0.2, 0.25) is 0 Å². The Balaban J connectivity index is 1.56. The minimum atomic E-state index is -1.83. The molecule has 1 saturated carbocycles. The van der Waals surface area contributed by atoms with E-state index in [2.05, 4.69) is 25.1 Å². The molecule has 4 atom stereocenters. The Morgan fingerprint density at radius 1 is 1.00 bits per heavy atom. The van der Waals surface area contributed by atoms with E-state index in [1.54, 1.807) is 0 Å². The molecule has 3 aliphatic heterocycles.